The third kappa shape index (κ3) is 3.23. The Hall–Kier alpha value is -0.0500. The number of rotatable bonds is 4. The Kier molecular flexibility index (Phi) is 5.74. The van der Waals surface area contributed by atoms with E-state index < -0.39 is 12.9 Å². The Bertz CT molecular complexity index is 549. The topological polar surface area (TPSA) is 106 Å². The highest BCUT2D eigenvalue weighted by Crippen LogP contribution is 2.63. The summed E-state index contributed by atoms with van der Waals surface area (Å²) in [5, 5.41) is -1.19. The first-order valence-electron chi connectivity index (χ1n) is 5.58. The van der Waals surface area contributed by atoms with Gasteiger partial charge in [-0.15, -0.1) is 28.7 Å². The Balaban J connectivity index is 0.00000200. The molecule has 0 amide bonds. The summed E-state index contributed by atoms with van der Waals surface area (Å²) in [6.07, 6.45) is 2.98. The highest BCUT2D eigenvalue weighted by atomic mass is 79.9. The lowest BCUT2D eigenvalue weighted by Crippen LogP contribution is -2.26. The van der Waals surface area contributed by atoms with Crippen molar-refractivity contribution in [3.63, 3.8) is 0 Å². The van der Waals surface area contributed by atoms with Crippen LogP contribution in [0.3, 0.4) is 0 Å². The fourth-order valence-electron chi connectivity index (χ4n) is 1.76. The molecule has 0 bridgehead atoms. The van der Waals surface area contributed by atoms with Crippen molar-refractivity contribution in [3.8, 4) is 0 Å². The van der Waals surface area contributed by atoms with Crippen molar-refractivity contribution in [1.29, 1.82) is 0 Å². The van der Waals surface area contributed by atoms with E-state index >= 15 is 0 Å². The van der Waals surface area contributed by atoms with Gasteiger partial charge in [0, 0.05) is 11.7 Å². The smallest absolute Gasteiger partial charge is 0.375 e. The lowest BCUT2D eigenvalue weighted by atomic mass is 10.2. The molecular formula is C10H16BrN2O4PS2. The summed E-state index contributed by atoms with van der Waals surface area (Å²) in [6, 6.07) is 0. The molecule has 6 nitrogen and oxygen atoms in total. The normalized spacial score (nSPS) is 21.9. The van der Waals surface area contributed by atoms with Gasteiger partial charge in [-0.3, -0.25) is 4.57 Å². The molecule has 2 heterocycles. The average molecular weight is 403 g/mol. The van der Waals surface area contributed by atoms with Gasteiger partial charge in [-0.2, -0.15) is 0 Å². The zero-order valence-electron chi connectivity index (χ0n) is 10.8. The molecule has 10 heteroatoms. The lowest BCUT2D eigenvalue weighted by Gasteiger charge is -2.28. The molecule has 1 unspecified atom stereocenters. The minimum atomic E-state index is -4.53. The minimum absolute atomic E-state index is 0. The maximum absolute atomic E-state index is 11.8. The van der Waals surface area contributed by atoms with E-state index in [1.807, 2.05) is 13.8 Å². The van der Waals surface area contributed by atoms with Gasteiger partial charge in [-0.25, -0.2) is 4.98 Å². The molecule has 1 aromatic heterocycles. The quantitative estimate of drug-likeness (QED) is 0.524. The van der Waals surface area contributed by atoms with E-state index in [0.29, 0.717) is 4.21 Å². The Morgan fingerprint density at radius 1 is 1.60 bits per heavy atom. The molecule has 0 saturated carbocycles. The third-order valence-electron chi connectivity index (χ3n) is 2.55. The van der Waals surface area contributed by atoms with Crippen molar-refractivity contribution in [2.45, 2.75) is 35.1 Å². The molecule has 0 spiro atoms. The molecule has 0 radical (unpaired) electrons. The van der Waals surface area contributed by atoms with Crippen LogP contribution in [-0.4, -0.2) is 20.0 Å². The SMILES string of the molecule is Br.CC(C)Sc1sc(N)nc1C1(P(=O)(O)O)CC=CO1. The first-order valence-corrected chi connectivity index (χ1v) is 8.89. The first kappa shape index (κ1) is 18.0. The van der Waals surface area contributed by atoms with Crippen molar-refractivity contribution in [1.82, 2.24) is 4.98 Å². The van der Waals surface area contributed by atoms with Crippen LogP contribution in [0.5, 0.6) is 0 Å². The summed E-state index contributed by atoms with van der Waals surface area (Å²) in [5.74, 6) is 0. The van der Waals surface area contributed by atoms with Gasteiger partial charge in [0.2, 0.25) is 0 Å². The first-order chi connectivity index (χ1) is 8.76. The molecule has 4 N–H and O–H groups in total. The van der Waals surface area contributed by atoms with E-state index in [1.54, 1.807) is 6.08 Å². The summed E-state index contributed by atoms with van der Waals surface area (Å²) in [6.45, 7) is 3.98. The monoisotopic (exact) mass is 402 g/mol. The van der Waals surface area contributed by atoms with Crippen molar-refractivity contribution in [3.05, 3.63) is 18.0 Å². The maximum Gasteiger partial charge on any atom is 0.375 e. The third-order valence-corrected chi connectivity index (χ3v) is 6.09. The van der Waals surface area contributed by atoms with E-state index in [-0.39, 0.29) is 39.5 Å². The van der Waals surface area contributed by atoms with Gasteiger partial charge >= 0.3 is 7.60 Å². The van der Waals surface area contributed by atoms with E-state index in [1.165, 1.54) is 29.4 Å². The summed E-state index contributed by atoms with van der Waals surface area (Å²) in [7, 11) is -4.53. The lowest BCUT2D eigenvalue weighted by molar-refractivity contribution is 0.0857. The van der Waals surface area contributed by atoms with Crippen molar-refractivity contribution in [2.75, 3.05) is 5.73 Å². The van der Waals surface area contributed by atoms with Gasteiger partial charge in [0.15, 0.2) is 5.13 Å². The van der Waals surface area contributed by atoms with Crippen LogP contribution in [0.1, 0.15) is 26.0 Å². The molecule has 0 saturated heterocycles. The standard InChI is InChI=1S/C10H15N2O4PS2.BrH/c1-6(2)18-8-7(12-9(11)19-8)10(17(13,14)15)4-3-5-16-10;/h3,5-6H,4H2,1-2H3,(H2,11,12)(H2,13,14,15);1H. The number of aromatic nitrogens is 1. The predicted molar refractivity (Wildman–Crippen MR) is 86.4 cm³/mol. The predicted octanol–water partition coefficient (Wildman–Crippen LogP) is 3.07. The van der Waals surface area contributed by atoms with Crippen LogP contribution in [0.2, 0.25) is 0 Å². The second kappa shape index (κ2) is 6.37. The van der Waals surface area contributed by atoms with Gasteiger partial charge in [0.05, 0.1) is 10.5 Å². The summed E-state index contributed by atoms with van der Waals surface area (Å²) >= 11 is 2.69. The van der Waals surface area contributed by atoms with E-state index in [4.69, 9.17) is 10.5 Å². The number of thioether (sulfide) groups is 1. The Labute approximate surface area is 135 Å². The van der Waals surface area contributed by atoms with Gasteiger partial charge in [0.25, 0.3) is 5.34 Å². The molecular weight excluding hydrogens is 387 g/mol. The van der Waals surface area contributed by atoms with Crippen LogP contribution in [0.25, 0.3) is 0 Å². The van der Waals surface area contributed by atoms with Crippen molar-refractivity contribution in [2.24, 2.45) is 0 Å². The molecule has 1 aliphatic heterocycles. The molecule has 1 aromatic rings. The molecule has 0 aromatic carbocycles. The molecule has 2 rings (SSSR count). The summed E-state index contributed by atoms with van der Waals surface area (Å²) in [5.41, 5.74) is 5.93. The van der Waals surface area contributed by atoms with E-state index in [2.05, 4.69) is 4.98 Å². The number of halogens is 1. The molecule has 20 heavy (non-hydrogen) atoms. The number of thiazole rings is 1. The fourth-order valence-corrected chi connectivity index (χ4v) is 5.30. The fraction of sp³-hybridized carbons (Fsp3) is 0.500. The van der Waals surface area contributed by atoms with E-state index in [0.717, 1.165) is 0 Å². The summed E-state index contributed by atoms with van der Waals surface area (Å²) in [4.78, 5) is 23.4. The molecule has 114 valence electrons. The molecule has 0 fully saturated rings. The van der Waals surface area contributed by atoms with Gasteiger partial charge in [0.1, 0.15) is 5.69 Å². The number of nitrogens with zero attached hydrogens (tertiary/aromatic N) is 1. The minimum Gasteiger partial charge on any atom is -0.476 e. The number of nitrogens with two attached hydrogens (primary N) is 1. The summed E-state index contributed by atoms with van der Waals surface area (Å²) < 4.78 is 17.8. The van der Waals surface area contributed by atoms with Crippen LogP contribution >= 0.6 is 47.7 Å². The Morgan fingerprint density at radius 2 is 2.25 bits per heavy atom. The van der Waals surface area contributed by atoms with Gasteiger partial charge < -0.3 is 20.3 Å². The second-order valence-electron chi connectivity index (χ2n) is 4.38. The van der Waals surface area contributed by atoms with Gasteiger partial charge in [-0.05, 0) is 6.08 Å². The molecule has 1 atom stereocenters. The number of hydrogen-bond acceptors (Lipinski definition) is 6. The van der Waals surface area contributed by atoms with Crippen LogP contribution in [0.4, 0.5) is 5.13 Å². The van der Waals surface area contributed by atoms with Gasteiger partial charge in [-0.1, -0.05) is 25.2 Å². The second-order valence-corrected chi connectivity index (χ2v) is 9.06. The number of anilines is 1. The average Bonchev–Trinajstić information content (AvgIpc) is 2.83. The van der Waals surface area contributed by atoms with Crippen LogP contribution in [0.15, 0.2) is 16.5 Å². The van der Waals surface area contributed by atoms with Crippen LogP contribution in [-0.2, 0) is 14.6 Å². The number of nitrogen functional groups attached to an aromatic ring is 1. The zero-order chi connectivity index (χ0) is 14.3. The van der Waals surface area contributed by atoms with Crippen molar-refractivity contribution >= 4 is 52.8 Å². The van der Waals surface area contributed by atoms with Crippen molar-refractivity contribution < 1.29 is 19.1 Å². The number of hydrogen-bond donors (Lipinski definition) is 3. The number of ether oxygens (including phenoxy) is 1. The highest BCUT2D eigenvalue weighted by molar-refractivity contribution is 8.93. The van der Waals surface area contributed by atoms with E-state index in [9.17, 15) is 14.4 Å². The zero-order valence-corrected chi connectivity index (χ0v) is 15.1. The van der Waals surface area contributed by atoms with Crippen LogP contribution < -0.4 is 5.73 Å². The maximum atomic E-state index is 11.8. The molecule has 1 aliphatic rings. The highest BCUT2D eigenvalue weighted by Gasteiger charge is 2.55. The Morgan fingerprint density at radius 3 is 2.70 bits per heavy atom. The van der Waals surface area contributed by atoms with Crippen LogP contribution in [0, 0.1) is 0 Å². The largest absolute Gasteiger partial charge is 0.476 e. The molecule has 0 aliphatic carbocycles.